The monoisotopic (exact) mass is 514 g/mol. The summed E-state index contributed by atoms with van der Waals surface area (Å²) in [5.74, 6) is 0.487. The minimum atomic E-state index is -0.867. The highest BCUT2D eigenvalue weighted by Gasteiger charge is 2.70. The molecule has 5 aliphatic carbocycles. The van der Waals surface area contributed by atoms with Crippen molar-refractivity contribution in [1.29, 1.82) is 0 Å². The summed E-state index contributed by atoms with van der Waals surface area (Å²) in [6.45, 7) is 14.1. The van der Waals surface area contributed by atoms with E-state index in [1.807, 2.05) is 6.92 Å². The second-order valence-electron chi connectivity index (χ2n) is 15.2. The molecular formula is C32H50O5. The molecule has 5 heteroatoms. The summed E-state index contributed by atoms with van der Waals surface area (Å²) in [7, 11) is 3.02. The van der Waals surface area contributed by atoms with Crippen molar-refractivity contribution in [1.82, 2.24) is 0 Å². The van der Waals surface area contributed by atoms with Crippen molar-refractivity contribution in [2.45, 2.75) is 112 Å². The van der Waals surface area contributed by atoms with Crippen molar-refractivity contribution >= 4 is 11.9 Å². The van der Waals surface area contributed by atoms with Gasteiger partial charge in [0.1, 0.15) is 0 Å². The van der Waals surface area contributed by atoms with Gasteiger partial charge in [0, 0.05) is 0 Å². The van der Waals surface area contributed by atoms with E-state index in [-0.39, 0.29) is 45.4 Å². The van der Waals surface area contributed by atoms with Gasteiger partial charge in [-0.05, 0) is 111 Å². The van der Waals surface area contributed by atoms with Gasteiger partial charge in [0.2, 0.25) is 0 Å². The molecule has 0 aromatic heterocycles. The van der Waals surface area contributed by atoms with Crippen LogP contribution in [0.3, 0.4) is 0 Å². The summed E-state index contributed by atoms with van der Waals surface area (Å²) in [4.78, 5) is 26.5. The van der Waals surface area contributed by atoms with E-state index in [2.05, 4.69) is 40.7 Å². The number of carbonyl (C=O) groups excluding carboxylic acids is 2. The molecule has 0 spiro atoms. The molecule has 4 saturated carbocycles. The lowest BCUT2D eigenvalue weighted by atomic mass is 9.33. The molecule has 5 nitrogen and oxygen atoms in total. The van der Waals surface area contributed by atoms with Crippen molar-refractivity contribution in [2.24, 2.45) is 50.2 Å². The van der Waals surface area contributed by atoms with Crippen molar-refractivity contribution < 1.29 is 24.2 Å². The Hall–Kier alpha value is -1.36. The van der Waals surface area contributed by atoms with Crippen LogP contribution in [0.15, 0.2) is 11.6 Å². The Kier molecular flexibility index (Phi) is 6.12. The molecular weight excluding hydrogens is 464 g/mol. The number of aliphatic hydroxyl groups is 1. The summed E-state index contributed by atoms with van der Waals surface area (Å²) in [6.07, 6.45) is 11.3. The minimum Gasteiger partial charge on any atom is -0.469 e. The third-order valence-electron chi connectivity index (χ3n) is 13.5. The van der Waals surface area contributed by atoms with Crippen LogP contribution in [0, 0.1) is 50.2 Å². The Labute approximate surface area is 224 Å². The molecule has 0 aromatic carbocycles. The van der Waals surface area contributed by atoms with E-state index in [4.69, 9.17) is 9.47 Å². The van der Waals surface area contributed by atoms with E-state index in [9.17, 15) is 14.7 Å². The highest BCUT2D eigenvalue weighted by Crippen LogP contribution is 2.75. The molecule has 0 bridgehead atoms. The smallest absolute Gasteiger partial charge is 0.314 e. The second kappa shape index (κ2) is 8.32. The molecule has 0 saturated heterocycles. The highest BCUT2D eigenvalue weighted by atomic mass is 16.5. The third kappa shape index (κ3) is 3.31. The molecule has 37 heavy (non-hydrogen) atoms. The van der Waals surface area contributed by atoms with Gasteiger partial charge in [-0.25, -0.2) is 0 Å². The number of hydrogen-bond donors (Lipinski definition) is 1. The van der Waals surface area contributed by atoms with Gasteiger partial charge in [-0.3, -0.25) is 9.59 Å². The summed E-state index contributed by atoms with van der Waals surface area (Å²) in [5.41, 5.74) is 0.506. The maximum atomic E-state index is 13.4. The van der Waals surface area contributed by atoms with Gasteiger partial charge in [-0.2, -0.15) is 0 Å². The van der Waals surface area contributed by atoms with E-state index in [0.29, 0.717) is 12.3 Å². The van der Waals surface area contributed by atoms with E-state index in [1.165, 1.54) is 12.7 Å². The molecule has 0 heterocycles. The minimum absolute atomic E-state index is 0.00555. The van der Waals surface area contributed by atoms with Crippen LogP contribution in [0.4, 0.5) is 0 Å². The molecule has 5 aliphatic rings. The number of carbonyl (C=O) groups is 2. The fourth-order valence-electron chi connectivity index (χ4n) is 11.0. The molecule has 208 valence electrons. The Bertz CT molecular complexity index is 1010. The quantitative estimate of drug-likeness (QED) is 0.337. The van der Waals surface area contributed by atoms with E-state index in [0.717, 1.165) is 57.8 Å². The van der Waals surface area contributed by atoms with Gasteiger partial charge in [0.05, 0.1) is 31.2 Å². The van der Waals surface area contributed by atoms with Crippen molar-refractivity contribution in [3.8, 4) is 0 Å². The molecule has 0 unspecified atom stereocenters. The van der Waals surface area contributed by atoms with E-state index >= 15 is 0 Å². The molecule has 0 aliphatic heterocycles. The molecule has 1 N–H and O–H groups in total. The largest absolute Gasteiger partial charge is 0.469 e. The maximum Gasteiger partial charge on any atom is 0.314 e. The van der Waals surface area contributed by atoms with Crippen LogP contribution in [0.25, 0.3) is 0 Å². The number of aliphatic hydroxyl groups excluding tert-OH is 1. The average Bonchev–Trinajstić information content (AvgIpc) is 2.85. The third-order valence-corrected chi connectivity index (χ3v) is 13.5. The SMILES string of the molecule is COC(=O)[C@]12CCC(C)(C)C[C@H]1C1=CC[C@@H]3[C@@]4(C)CC[C@H](O)[C@](C)(C(=O)OC)[C@@H]4CC[C@@]3(C)[C@]1(C)CC2. The van der Waals surface area contributed by atoms with Crippen molar-refractivity contribution in [2.75, 3.05) is 14.2 Å². The van der Waals surface area contributed by atoms with Gasteiger partial charge in [0.15, 0.2) is 0 Å². The normalized spacial score (nSPS) is 50.4. The predicted octanol–water partition coefficient (Wildman–Crippen LogP) is 6.48. The standard InChI is InChI=1S/C32H50O5/c1-27(2)15-17-32(26(35)37-8)18-16-29(4)20(21(32)19-27)9-10-22-28(3)13-12-24(33)31(6,25(34)36-7)23(28)11-14-30(22,29)5/h9,21-24,33H,10-19H2,1-8H3/t21-,22+,23+,24-,28+,29+,30+,31+,32-/m0/s1. The average molecular weight is 515 g/mol. The zero-order valence-electron chi connectivity index (χ0n) is 24.5. The summed E-state index contributed by atoms with van der Waals surface area (Å²) in [5, 5.41) is 11.1. The number of esters is 2. The summed E-state index contributed by atoms with van der Waals surface area (Å²) >= 11 is 0. The Morgan fingerprint density at radius 2 is 1.49 bits per heavy atom. The fraction of sp³-hybridized carbons (Fsp3) is 0.875. The zero-order valence-corrected chi connectivity index (χ0v) is 24.5. The summed E-state index contributed by atoms with van der Waals surface area (Å²) < 4.78 is 10.8. The number of rotatable bonds is 2. The number of hydrogen-bond acceptors (Lipinski definition) is 5. The molecule has 0 radical (unpaired) electrons. The van der Waals surface area contributed by atoms with Gasteiger partial charge >= 0.3 is 11.9 Å². The van der Waals surface area contributed by atoms with Crippen LogP contribution in [0.1, 0.15) is 106 Å². The van der Waals surface area contributed by atoms with Crippen LogP contribution in [0.5, 0.6) is 0 Å². The van der Waals surface area contributed by atoms with Crippen molar-refractivity contribution in [3.05, 3.63) is 11.6 Å². The topological polar surface area (TPSA) is 72.8 Å². The molecule has 0 aromatic rings. The first kappa shape index (κ1) is 27.2. The first-order valence-corrected chi connectivity index (χ1v) is 14.7. The van der Waals surface area contributed by atoms with Crippen LogP contribution in [0.2, 0.25) is 0 Å². The number of ether oxygens (including phenoxy) is 2. The van der Waals surface area contributed by atoms with Crippen LogP contribution in [-0.4, -0.2) is 37.4 Å². The van der Waals surface area contributed by atoms with Crippen LogP contribution >= 0.6 is 0 Å². The molecule has 4 fully saturated rings. The Morgan fingerprint density at radius 1 is 0.838 bits per heavy atom. The number of allylic oxidation sites excluding steroid dienone is 2. The highest BCUT2D eigenvalue weighted by molar-refractivity contribution is 5.79. The summed E-state index contributed by atoms with van der Waals surface area (Å²) in [6, 6.07) is 0. The van der Waals surface area contributed by atoms with Crippen LogP contribution < -0.4 is 0 Å². The molecule has 0 amide bonds. The van der Waals surface area contributed by atoms with Crippen molar-refractivity contribution in [3.63, 3.8) is 0 Å². The Morgan fingerprint density at radius 3 is 2.14 bits per heavy atom. The lowest BCUT2D eigenvalue weighted by Crippen LogP contribution is -2.66. The number of methoxy groups -OCH3 is 2. The van der Waals surface area contributed by atoms with Gasteiger partial charge in [-0.1, -0.05) is 46.3 Å². The molecule has 9 atom stereocenters. The van der Waals surface area contributed by atoms with E-state index < -0.39 is 16.9 Å². The van der Waals surface area contributed by atoms with E-state index in [1.54, 1.807) is 7.11 Å². The first-order valence-electron chi connectivity index (χ1n) is 14.7. The second-order valence-corrected chi connectivity index (χ2v) is 15.2. The predicted molar refractivity (Wildman–Crippen MR) is 143 cm³/mol. The maximum absolute atomic E-state index is 13.4. The lowest BCUT2D eigenvalue weighted by molar-refractivity contribution is -0.219. The first-order chi connectivity index (χ1) is 17.2. The Balaban J connectivity index is 1.60. The fourth-order valence-corrected chi connectivity index (χ4v) is 11.0. The van der Waals surface area contributed by atoms with Crippen LogP contribution in [-0.2, 0) is 19.1 Å². The van der Waals surface area contributed by atoms with Gasteiger partial charge in [0.25, 0.3) is 0 Å². The lowest BCUT2D eigenvalue weighted by Gasteiger charge is -2.71. The number of fused-ring (bicyclic) bond motifs is 7. The molecule has 5 rings (SSSR count). The van der Waals surface area contributed by atoms with Gasteiger partial charge < -0.3 is 14.6 Å². The zero-order chi connectivity index (χ0) is 27.2. The van der Waals surface area contributed by atoms with Gasteiger partial charge in [-0.15, -0.1) is 0 Å².